The topological polar surface area (TPSA) is 98.0 Å². The number of carboxylic acid groups (broad SMARTS) is 1. The Balaban J connectivity index is 2.54. The zero-order valence-electron chi connectivity index (χ0n) is 13.8. The summed E-state index contributed by atoms with van der Waals surface area (Å²) in [6.45, 7) is 2.11. The second-order valence-electron chi connectivity index (χ2n) is 6.36. The second kappa shape index (κ2) is 10.6. The van der Waals surface area contributed by atoms with Gasteiger partial charge in [0, 0.05) is 12.3 Å². The van der Waals surface area contributed by atoms with Gasteiger partial charge < -0.3 is 20.4 Å². The van der Waals surface area contributed by atoms with Crippen molar-refractivity contribution < 1.29 is 25.2 Å². The van der Waals surface area contributed by atoms with E-state index in [0.717, 1.165) is 19.3 Å². The highest BCUT2D eigenvalue weighted by molar-refractivity contribution is 5.68. The van der Waals surface area contributed by atoms with E-state index in [1.54, 1.807) is 18.2 Å². The van der Waals surface area contributed by atoms with Gasteiger partial charge in [-0.15, -0.1) is 0 Å². The minimum Gasteiger partial charge on any atom is -0.481 e. The summed E-state index contributed by atoms with van der Waals surface area (Å²) in [5.74, 6) is -1.24. The number of aliphatic hydroxyl groups is 3. The number of aliphatic carboxylic acids is 1. The number of hydrogen-bond acceptors (Lipinski definition) is 4. The van der Waals surface area contributed by atoms with Crippen LogP contribution >= 0.6 is 0 Å². The second-order valence-corrected chi connectivity index (χ2v) is 6.36. The van der Waals surface area contributed by atoms with E-state index in [2.05, 4.69) is 6.92 Å². The summed E-state index contributed by atoms with van der Waals surface area (Å²) in [6, 6.07) is 0. The van der Waals surface area contributed by atoms with Crippen LogP contribution in [-0.2, 0) is 4.79 Å². The minimum atomic E-state index is -0.889. The molecule has 1 rings (SSSR count). The molecule has 0 unspecified atom stereocenters. The van der Waals surface area contributed by atoms with E-state index in [9.17, 15) is 20.1 Å². The van der Waals surface area contributed by atoms with E-state index in [1.807, 2.05) is 6.08 Å². The number of rotatable bonds is 10. The van der Waals surface area contributed by atoms with Gasteiger partial charge in [-0.25, -0.2) is 0 Å². The van der Waals surface area contributed by atoms with E-state index in [-0.39, 0.29) is 18.3 Å². The third-order valence-electron chi connectivity index (χ3n) is 4.44. The molecule has 0 heterocycles. The van der Waals surface area contributed by atoms with E-state index in [4.69, 9.17) is 5.11 Å². The molecule has 0 aromatic heterocycles. The maximum absolute atomic E-state index is 10.5. The van der Waals surface area contributed by atoms with Crippen LogP contribution in [0.2, 0.25) is 0 Å². The number of hydrogen-bond donors (Lipinski definition) is 4. The van der Waals surface area contributed by atoms with Crippen molar-refractivity contribution in [2.75, 3.05) is 0 Å². The summed E-state index contributed by atoms with van der Waals surface area (Å²) in [5, 5.41) is 38.7. The number of allylic oxidation sites excluding steroid dienone is 1. The summed E-state index contributed by atoms with van der Waals surface area (Å²) < 4.78 is 0. The van der Waals surface area contributed by atoms with E-state index in [1.165, 1.54) is 0 Å². The molecule has 0 radical (unpaired) electrons. The van der Waals surface area contributed by atoms with Gasteiger partial charge in [0.2, 0.25) is 0 Å². The van der Waals surface area contributed by atoms with Gasteiger partial charge in [-0.1, -0.05) is 50.5 Å². The summed E-state index contributed by atoms with van der Waals surface area (Å²) >= 11 is 0. The Hall–Kier alpha value is -1.17. The number of carboxylic acids is 1. The summed E-state index contributed by atoms with van der Waals surface area (Å²) in [7, 11) is 0. The molecular weight excluding hydrogens is 296 g/mol. The molecule has 0 aromatic carbocycles. The average molecular weight is 326 g/mol. The molecule has 1 fully saturated rings. The van der Waals surface area contributed by atoms with Gasteiger partial charge in [0.15, 0.2) is 0 Å². The van der Waals surface area contributed by atoms with Gasteiger partial charge in [0.05, 0.1) is 24.7 Å². The third-order valence-corrected chi connectivity index (χ3v) is 4.44. The van der Waals surface area contributed by atoms with Crippen LogP contribution in [0.3, 0.4) is 0 Å². The molecule has 0 bridgehead atoms. The van der Waals surface area contributed by atoms with Crippen LogP contribution in [0.1, 0.15) is 51.9 Å². The van der Waals surface area contributed by atoms with Crippen molar-refractivity contribution in [2.24, 2.45) is 11.8 Å². The normalized spacial score (nSPS) is 29.6. The van der Waals surface area contributed by atoms with Crippen LogP contribution in [-0.4, -0.2) is 44.7 Å². The van der Waals surface area contributed by atoms with Crippen LogP contribution in [0.4, 0.5) is 0 Å². The van der Waals surface area contributed by atoms with Crippen LogP contribution in [0.15, 0.2) is 24.3 Å². The molecule has 1 aliphatic rings. The van der Waals surface area contributed by atoms with Crippen LogP contribution in [0.25, 0.3) is 0 Å². The van der Waals surface area contributed by atoms with Crippen LogP contribution in [0, 0.1) is 11.8 Å². The summed E-state index contributed by atoms with van der Waals surface area (Å²) in [5.41, 5.74) is 0. The highest BCUT2D eigenvalue weighted by atomic mass is 16.4. The fourth-order valence-corrected chi connectivity index (χ4v) is 3.10. The molecule has 4 N–H and O–H groups in total. The first-order valence-electron chi connectivity index (χ1n) is 8.55. The molecule has 0 aliphatic heterocycles. The fourth-order valence-electron chi connectivity index (χ4n) is 3.10. The van der Waals surface area contributed by atoms with Crippen molar-refractivity contribution in [1.29, 1.82) is 0 Å². The predicted molar refractivity (Wildman–Crippen MR) is 88.9 cm³/mol. The molecule has 5 nitrogen and oxygen atoms in total. The Morgan fingerprint density at radius 2 is 1.96 bits per heavy atom. The lowest BCUT2D eigenvalue weighted by molar-refractivity contribution is -0.136. The SMILES string of the molecule is CCCCC[C@@H](O)/C=C/[C@@H]1[C@@H](C/C=C\CC(=O)O)[C@H](O)C[C@@H]1O. The van der Waals surface area contributed by atoms with Gasteiger partial charge in [-0.3, -0.25) is 4.79 Å². The van der Waals surface area contributed by atoms with Crippen molar-refractivity contribution in [3.05, 3.63) is 24.3 Å². The van der Waals surface area contributed by atoms with Crippen molar-refractivity contribution in [1.82, 2.24) is 0 Å². The first-order valence-corrected chi connectivity index (χ1v) is 8.55. The van der Waals surface area contributed by atoms with Crippen molar-refractivity contribution >= 4 is 5.97 Å². The molecular formula is C18H30O5. The third kappa shape index (κ3) is 7.29. The van der Waals surface area contributed by atoms with Gasteiger partial charge in [-0.05, 0) is 18.8 Å². The zero-order chi connectivity index (χ0) is 17.2. The molecule has 0 aromatic rings. The minimum absolute atomic E-state index is 0.0397. The molecule has 0 amide bonds. The average Bonchev–Trinajstić information content (AvgIpc) is 2.75. The van der Waals surface area contributed by atoms with E-state index in [0.29, 0.717) is 19.3 Å². The van der Waals surface area contributed by atoms with E-state index >= 15 is 0 Å². The Morgan fingerprint density at radius 1 is 1.22 bits per heavy atom. The number of carbonyl (C=O) groups is 1. The molecule has 5 atom stereocenters. The zero-order valence-corrected chi connectivity index (χ0v) is 13.8. The lowest BCUT2D eigenvalue weighted by Gasteiger charge is -2.19. The quantitative estimate of drug-likeness (QED) is 0.365. The fraction of sp³-hybridized carbons (Fsp3) is 0.722. The van der Waals surface area contributed by atoms with Crippen molar-refractivity contribution in [2.45, 2.75) is 70.2 Å². The lowest BCUT2D eigenvalue weighted by atomic mass is 9.89. The van der Waals surface area contributed by atoms with Gasteiger partial charge in [0.25, 0.3) is 0 Å². The maximum Gasteiger partial charge on any atom is 0.307 e. The Morgan fingerprint density at radius 3 is 2.61 bits per heavy atom. The lowest BCUT2D eigenvalue weighted by Crippen LogP contribution is -2.20. The molecule has 5 heteroatoms. The largest absolute Gasteiger partial charge is 0.481 e. The number of aliphatic hydroxyl groups excluding tert-OH is 3. The van der Waals surface area contributed by atoms with Crippen LogP contribution < -0.4 is 0 Å². The van der Waals surface area contributed by atoms with Crippen molar-refractivity contribution in [3.8, 4) is 0 Å². The van der Waals surface area contributed by atoms with Crippen LogP contribution in [0.5, 0.6) is 0 Å². The summed E-state index contributed by atoms with van der Waals surface area (Å²) in [4.78, 5) is 10.5. The highest BCUT2D eigenvalue weighted by Gasteiger charge is 2.39. The molecule has 0 spiro atoms. The van der Waals surface area contributed by atoms with Crippen molar-refractivity contribution in [3.63, 3.8) is 0 Å². The Bertz CT molecular complexity index is 404. The maximum atomic E-state index is 10.5. The van der Waals surface area contributed by atoms with E-state index < -0.39 is 24.3 Å². The predicted octanol–water partition coefficient (Wildman–Crippen LogP) is 2.26. The Labute approximate surface area is 138 Å². The molecule has 23 heavy (non-hydrogen) atoms. The molecule has 1 aliphatic carbocycles. The van der Waals surface area contributed by atoms with Gasteiger partial charge in [0.1, 0.15) is 0 Å². The number of unbranched alkanes of at least 4 members (excludes halogenated alkanes) is 2. The van der Waals surface area contributed by atoms with Gasteiger partial charge >= 0.3 is 5.97 Å². The Kier molecular flexibility index (Phi) is 9.14. The molecule has 132 valence electrons. The first-order chi connectivity index (χ1) is 11.0. The molecule has 0 saturated heterocycles. The highest BCUT2D eigenvalue weighted by Crippen LogP contribution is 2.36. The van der Waals surface area contributed by atoms with Gasteiger partial charge in [-0.2, -0.15) is 0 Å². The smallest absolute Gasteiger partial charge is 0.307 e. The monoisotopic (exact) mass is 326 g/mol. The summed E-state index contributed by atoms with van der Waals surface area (Å²) in [6.07, 6.45) is 9.77. The standard InChI is InChI=1S/C18H30O5/c1-2-3-4-7-13(19)10-11-15-14(16(20)12-17(15)21)8-5-6-9-18(22)23/h5-6,10-11,13-17,19-21H,2-4,7-9,12H2,1H3,(H,22,23)/b6-5-,11-10+/t13-,14-,15-,16-,17+/m1/s1. The molecule has 1 saturated carbocycles. The first kappa shape index (κ1) is 19.9.